The van der Waals surface area contributed by atoms with Crippen molar-refractivity contribution in [2.75, 3.05) is 17.5 Å². The van der Waals surface area contributed by atoms with Gasteiger partial charge in [-0.25, -0.2) is 8.42 Å². The van der Waals surface area contributed by atoms with Gasteiger partial charge in [-0.2, -0.15) is 0 Å². The van der Waals surface area contributed by atoms with E-state index < -0.39 is 10.0 Å². The third-order valence-corrected chi connectivity index (χ3v) is 4.76. The number of carbonyl (C=O) groups excluding carboxylic acids is 2. The average molecular weight is 352 g/mol. The number of rotatable bonds is 5. The highest BCUT2D eigenvalue weighted by atomic mass is 32.2. The van der Waals surface area contributed by atoms with Crippen LogP contribution >= 0.6 is 11.3 Å². The summed E-state index contributed by atoms with van der Waals surface area (Å²) in [5.74, 6) is -0.658. The lowest BCUT2D eigenvalue weighted by Gasteiger charge is -2.11. The van der Waals surface area contributed by atoms with E-state index in [4.69, 9.17) is 0 Å². The van der Waals surface area contributed by atoms with Crippen LogP contribution in [0.3, 0.4) is 0 Å². The minimum absolute atomic E-state index is 0.157. The second kappa shape index (κ2) is 5.70. The number of fused-ring (bicyclic) bond motifs is 1. The lowest BCUT2D eigenvalue weighted by atomic mass is 10.1. The molecule has 2 heterocycles. The van der Waals surface area contributed by atoms with Gasteiger partial charge in [-0.05, 0) is 12.1 Å². The molecule has 0 unspecified atom stereocenters. The molecule has 2 aromatic rings. The molecule has 0 bridgehead atoms. The molecule has 0 radical (unpaired) electrons. The fourth-order valence-electron chi connectivity index (χ4n) is 2.20. The Labute approximate surface area is 136 Å². The van der Waals surface area contributed by atoms with E-state index in [9.17, 15) is 18.0 Å². The molecule has 0 fully saturated rings. The molecule has 8 nitrogen and oxygen atoms in total. The maximum Gasteiger partial charge on any atom is 0.261 e. The summed E-state index contributed by atoms with van der Waals surface area (Å²) in [5.41, 5.74) is 0.795. The topological polar surface area (TPSA) is 109 Å². The van der Waals surface area contributed by atoms with Crippen LogP contribution in [0.25, 0.3) is 0 Å². The van der Waals surface area contributed by atoms with E-state index >= 15 is 0 Å². The molecule has 1 aromatic heterocycles. The number of sulfonamides is 1. The quantitative estimate of drug-likeness (QED) is 0.795. The number of benzene rings is 1. The van der Waals surface area contributed by atoms with Crippen LogP contribution in [0, 0.1) is 0 Å². The molecule has 1 aliphatic rings. The largest absolute Gasteiger partial charge is 0.274 e. The zero-order valence-electron chi connectivity index (χ0n) is 12.0. The van der Waals surface area contributed by atoms with Crippen LogP contribution in [0.1, 0.15) is 25.7 Å². The number of nitrogens with zero attached hydrogens (tertiary/aromatic N) is 3. The van der Waals surface area contributed by atoms with Crippen LogP contribution in [0.2, 0.25) is 0 Å². The summed E-state index contributed by atoms with van der Waals surface area (Å²) in [7, 11) is -3.41. The van der Waals surface area contributed by atoms with Crippen molar-refractivity contribution in [3.63, 3.8) is 0 Å². The van der Waals surface area contributed by atoms with Crippen molar-refractivity contribution in [2.45, 2.75) is 6.42 Å². The third kappa shape index (κ3) is 3.22. The van der Waals surface area contributed by atoms with Gasteiger partial charge in [0, 0.05) is 13.0 Å². The maximum absolute atomic E-state index is 12.2. The minimum Gasteiger partial charge on any atom is -0.274 e. The van der Waals surface area contributed by atoms with Gasteiger partial charge in [-0.15, -0.1) is 10.2 Å². The second-order valence-electron chi connectivity index (χ2n) is 4.93. The Hall–Kier alpha value is -2.33. The number of hydrogen-bond donors (Lipinski definition) is 1. The number of carbonyl (C=O) groups is 2. The van der Waals surface area contributed by atoms with E-state index in [1.807, 2.05) is 0 Å². The summed E-state index contributed by atoms with van der Waals surface area (Å²) in [6, 6.07) is 6.66. The molecular weight excluding hydrogens is 340 g/mol. The van der Waals surface area contributed by atoms with Crippen molar-refractivity contribution in [2.24, 2.45) is 0 Å². The van der Waals surface area contributed by atoms with Gasteiger partial charge >= 0.3 is 0 Å². The second-order valence-corrected chi connectivity index (χ2v) is 7.74. The Morgan fingerprint density at radius 1 is 1.13 bits per heavy atom. The van der Waals surface area contributed by atoms with Crippen LogP contribution < -0.4 is 4.72 Å². The van der Waals surface area contributed by atoms with Crippen LogP contribution in [-0.2, 0) is 16.4 Å². The molecule has 0 saturated heterocycles. The predicted molar refractivity (Wildman–Crippen MR) is 83.9 cm³/mol. The van der Waals surface area contributed by atoms with E-state index in [0.29, 0.717) is 22.6 Å². The molecule has 0 aliphatic carbocycles. The van der Waals surface area contributed by atoms with E-state index in [1.165, 1.54) is 0 Å². The summed E-state index contributed by atoms with van der Waals surface area (Å²) in [6.45, 7) is 0.167. The van der Waals surface area contributed by atoms with Gasteiger partial charge < -0.3 is 0 Å². The molecule has 3 rings (SSSR count). The average Bonchev–Trinajstić information content (AvgIpc) is 3.01. The first kappa shape index (κ1) is 15.6. The Balaban J connectivity index is 1.68. The maximum atomic E-state index is 12.2. The van der Waals surface area contributed by atoms with Crippen molar-refractivity contribution >= 4 is 38.3 Å². The number of amides is 2. The Bertz CT molecular complexity index is 856. The summed E-state index contributed by atoms with van der Waals surface area (Å²) < 4.78 is 24.5. The van der Waals surface area contributed by atoms with E-state index in [1.54, 1.807) is 24.3 Å². The first-order valence-electron chi connectivity index (χ1n) is 6.60. The summed E-state index contributed by atoms with van der Waals surface area (Å²) in [5, 5.41) is 8.26. The van der Waals surface area contributed by atoms with Gasteiger partial charge in [0.1, 0.15) is 5.01 Å². The van der Waals surface area contributed by atoms with Crippen molar-refractivity contribution in [1.82, 2.24) is 15.1 Å². The molecule has 23 heavy (non-hydrogen) atoms. The molecule has 0 atom stereocenters. The summed E-state index contributed by atoms with van der Waals surface area (Å²) in [4.78, 5) is 25.6. The molecule has 1 aromatic carbocycles. The van der Waals surface area contributed by atoms with Crippen molar-refractivity contribution in [1.29, 1.82) is 0 Å². The molecule has 1 aliphatic heterocycles. The first-order valence-corrected chi connectivity index (χ1v) is 9.31. The zero-order chi connectivity index (χ0) is 16.6. The summed E-state index contributed by atoms with van der Waals surface area (Å²) in [6.07, 6.45) is 1.33. The number of nitrogens with one attached hydrogen (secondary N) is 1. The number of imide groups is 1. The van der Waals surface area contributed by atoms with Gasteiger partial charge in [0.25, 0.3) is 11.8 Å². The fraction of sp³-hybridized carbons (Fsp3) is 0.231. The van der Waals surface area contributed by atoms with Gasteiger partial charge in [-0.3, -0.25) is 19.2 Å². The van der Waals surface area contributed by atoms with Gasteiger partial charge in [0.15, 0.2) is 0 Å². The number of aromatic nitrogens is 2. The van der Waals surface area contributed by atoms with Gasteiger partial charge in [0.05, 0.1) is 17.4 Å². The lowest BCUT2D eigenvalue weighted by Crippen LogP contribution is -2.31. The Kier molecular flexibility index (Phi) is 3.86. The highest BCUT2D eigenvalue weighted by molar-refractivity contribution is 7.92. The fourth-order valence-corrected chi connectivity index (χ4v) is 3.76. The first-order chi connectivity index (χ1) is 10.8. The van der Waals surface area contributed by atoms with Crippen LogP contribution in [0.4, 0.5) is 5.13 Å². The van der Waals surface area contributed by atoms with Gasteiger partial charge in [-0.1, -0.05) is 23.5 Å². The highest BCUT2D eigenvalue weighted by Gasteiger charge is 2.34. The molecule has 0 saturated carbocycles. The highest BCUT2D eigenvalue weighted by Crippen LogP contribution is 2.23. The Morgan fingerprint density at radius 2 is 1.74 bits per heavy atom. The van der Waals surface area contributed by atoms with Crippen LogP contribution in [-0.4, -0.2) is 48.1 Å². The predicted octanol–water partition coefficient (Wildman–Crippen LogP) is 0.748. The SMILES string of the molecule is CS(=O)(=O)Nc1nnc(CCN2C(=O)c3ccccc3C2=O)s1. The molecule has 0 spiro atoms. The third-order valence-electron chi connectivity index (χ3n) is 3.17. The number of anilines is 1. The zero-order valence-corrected chi connectivity index (χ0v) is 13.6. The molecule has 10 heteroatoms. The van der Waals surface area contributed by atoms with Crippen molar-refractivity contribution < 1.29 is 18.0 Å². The molecule has 2 amide bonds. The van der Waals surface area contributed by atoms with E-state index in [2.05, 4.69) is 14.9 Å². The van der Waals surface area contributed by atoms with E-state index in [0.717, 1.165) is 22.5 Å². The summed E-state index contributed by atoms with van der Waals surface area (Å²) >= 11 is 1.07. The van der Waals surface area contributed by atoms with Gasteiger partial charge in [0.2, 0.25) is 15.2 Å². The minimum atomic E-state index is -3.41. The molecule has 120 valence electrons. The monoisotopic (exact) mass is 352 g/mol. The molecular formula is C13H12N4O4S2. The standard InChI is InChI=1S/C13H12N4O4S2/c1-23(20,21)16-13-15-14-10(22-13)6-7-17-11(18)8-4-2-3-5-9(8)12(17)19/h2-5H,6-7H2,1H3,(H,15,16). The van der Waals surface area contributed by atoms with Crippen LogP contribution in [0.15, 0.2) is 24.3 Å². The van der Waals surface area contributed by atoms with E-state index in [-0.39, 0.29) is 23.5 Å². The van der Waals surface area contributed by atoms with Crippen molar-refractivity contribution in [3.05, 3.63) is 40.4 Å². The van der Waals surface area contributed by atoms with Crippen LogP contribution in [0.5, 0.6) is 0 Å². The molecule has 1 N–H and O–H groups in total. The lowest BCUT2D eigenvalue weighted by molar-refractivity contribution is 0.0656. The number of hydrogen-bond acceptors (Lipinski definition) is 7. The Morgan fingerprint density at radius 3 is 2.30 bits per heavy atom. The smallest absolute Gasteiger partial charge is 0.261 e. The van der Waals surface area contributed by atoms with Crippen molar-refractivity contribution in [3.8, 4) is 0 Å². The normalized spacial score (nSPS) is 14.2.